The number of rotatable bonds is 2. The predicted molar refractivity (Wildman–Crippen MR) is 47.1 cm³/mol. The second-order valence-corrected chi connectivity index (χ2v) is 3.38. The Hall–Kier alpha value is -1.32. The van der Waals surface area contributed by atoms with E-state index in [0.717, 1.165) is 12.8 Å². The van der Waals surface area contributed by atoms with E-state index in [-0.39, 0.29) is 11.8 Å². The van der Waals surface area contributed by atoms with Crippen molar-refractivity contribution in [2.75, 3.05) is 5.32 Å². The maximum absolute atomic E-state index is 11.5. The van der Waals surface area contributed by atoms with E-state index in [0.29, 0.717) is 5.69 Å². The molecule has 1 aliphatic rings. The van der Waals surface area contributed by atoms with Gasteiger partial charge >= 0.3 is 0 Å². The number of hydrogen-bond acceptors (Lipinski definition) is 3. The second kappa shape index (κ2) is 3.60. The molecule has 1 aromatic heterocycles. The van der Waals surface area contributed by atoms with Gasteiger partial charge in [0, 0.05) is 5.92 Å². The summed E-state index contributed by atoms with van der Waals surface area (Å²) in [6, 6.07) is 0. The van der Waals surface area contributed by atoms with Gasteiger partial charge in [0.05, 0.1) is 6.20 Å². The minimum Gasteiger partial charge on any atom is -0.363 e. The van der Waals surface area contributed by atoms with Crippen LogP contribution in [-0.4, -0.2) is 11.1 Å². The van der Waals surface area contributed by atoms with E-state index in [1.54, 1.807) is 0 Å². The Morgan fingerprint density at radius 1 is 1.54 bits per heavy atom. The lowest BCUT2D eigenvalue weighted by Crippen LogP contribution is -2.19. The smallest absolute Gasteiger partial charge is 0.227 e. The fourth-order valence-corrected chi connectivity index (χ4v) is 1.70. The van der Waals surface area contributed by atoms with Crippen LogP contribution < -0.4 is 5.32 Å². The summed E-state index contributed by atoms with van der Waals surface area (Å²) >= 11 is 0. The third kappa shape index (κ3) is 1.88. The van der Waals surface area contributed by atoms with Gasteiger partial charge in [0.15, 0.2) is 0 Å². The van der Waals surface area contributed by atoms with Crippen molar-refractivity contribution < 1.29 is 9.32 Å². The predicted octanol–water partition coefficient (Wildman–Crippen LogP) is 1.80. The molecule has 1 amide bonds. The standard InChI is InChI=1S/C9H12N2O2/c12-9(7-3-1-2-4-7)11-8-5-10-13-6-8/h5-7H,1-4H2,(H,11,12). The molecule has 4 nitrogen and oxygen atoms in total. The molecule has 0 bridgehead atoms. The lowest BCUT2D eigenvalue weighted by Gasteiger charge is -2.07. The summed E-state index contributed by atoms with van der Waals surface area (Å²) in [6.45, 7) is 0. The first-order valence-electron chi connectivity index (χ1n) is 4.56. The Morgan fingerprint density at radius 2 is 2.31 bits per heavy atom. The van der Waals surface area contributed by atoms with Crippen molar-refractivity contribution in [3.63, 3.8) is 0 Å². The number of carbonyl (C=O) groups excluding carboxylic acids is 1. The van der Waals surface area contributed by atoms with E-state index in [9.17, 15) is 4.79 Å². The van der Waals surface area contributed by atoms with E-state index in [2.05, 4.69) is 15.0 Å². The molecule has 0 aliphatic heterocycles. The zero-order valence-corrected chi connectivity index (χ0v) is 7.32. The minimum atomic E-state index is 0.0979. The Balaban J connectivity index is 1.91. The Morgan fingerprint density at radius 3 is 2.92 bits per heavy atom. The van der Waals surface area contributed by atoms with Crippen molar-refractivity contribution in [2.24, 2.45) is 5.92 Å². The fourth-order valence-electron chi connectivity index (χ4n) is 1.70. The lowest BCUT2D eigenvalue weighted by molar-refractivity contribution is -0.119. The quantitative estimate of drug-likeness (QED) is 0.755. The first-order valence-corrected chi connectivity index (χ1v) is 4.56. The van der Waals surface area contributed by atoms with Crippen LogP contribution in [-0.2, 0) is 4.79 Å². The van der Waals surface area contributed by atoms with Gasteiger partial charge in [0.2, 0.25) is 5.91 Å². The number of carbonyl (C=O) groups is 1. The van der Waals surface area contributed by atoms with E-state index >= 15 is 0 Å². The van der Waals surface area contributed by atoms with Crippen LogP contribution in [0.1, 0.15) is 25.7 Å². The molecule has 0 atom stereocenters. The van der Waals surface area contributed by atoms with E-state index < -0.39 is 0 Å². The molecule has 0 saturated heterocycles. The van der Waals surface area contributed by atoms with Crippen molar-refractivity contribution in [2.45, 2.75) is 25.7 Å². The zero-order chi connectivity index (χ0) is 9.10. The molecular formula is C9H12N2O2. The van der Waals surface area contributed by atoms with E-state index in [1.807, 2.05) is 0 Å². The van der Waals surface area contributed by atoms with E-state index in [4.69, 9.17) is 0 Å². The molecule has 13 heavy (non-hydrogen) atoms. The van der Waals surface area contributed by atoms with Gasteiger partial charge in [0.1, 0.15) is 12.0 Å². The molecule has 0 spiro atoms. The number of amides is 1. The summed E-state index contributed by atoms with van der Waals surface area (Å²) in [5.41, 5.74) is 0.650. The third-order valence-electron chi connectivity index (χ3n) is 2.43. The van der Waals surface area contributed by atoms with Crippen molar-refractivity contribution in [3.8, 4) is 0 Å². The number of nitrogens with zero attached hydrogens (tertiary/aromatic N) is 1. The van der Waals surface area contributed by atoms with Crippen LogP contribution in [0.3, 0.4) is 0 Å². The molecule has 1 heterocycles. The summed E-state index contributed by atoms with van der Waals surface area (Å²) < 4.78 is 4.61. The molecule has 0 aromatic carbocycles. The molecule has 0 radical (unpaired) electrons. The van der Waals surface area contributed by atoms with Gasteiger partial charge in [-0.05, 0) is 12.8 Å². The fraction of sp³-hybridized carbons (Fsp3) is 0.556. The Labute approximate surface area is 76.3 Å². The van der Waals surface area contributed by atoms with Crippen LogP contribution in [0.4, 0.5) is 5.69 Å². The SMILES string of the molecule is O=C(Nc1cnoc1)C1CCCC1. The summed E-state index contributed by atoms with van der Waals surface area (Å²) in [4.78, 5) is 11.5. The monoisotopic (exact) mass is 180 g/mol. The number of anilines is 1. The number of hydrogen-bond donors (Lipinski definition) is 1. The lowest BCUT2D eigenvalue weighted by atomic mass is 10.1. The normalized spacial score (nSPS) is 17.5. The van der Waals surface area contributed by atoms with E-state index in [1.165, 1.54) is 25.3 Å². The summed E-state index contributed by atoms with van der Waals surface area (Å²) in [6.07, 6.45) is 7.30. The van der Waals surface area contributed by atoms with Crippen LogP contribution in [0.15, 0.2) is 17.0 Å². The first kappa shape index (κ1) is 8.29. The highest BCUT2D eigenvalue weighted by Gasteiger charge is 2.22. The van der Waals surface area contributed by atoms with Gasteiger partial charge in [-0.1, -0.05) is 18.0 Å². The Kier molecular flexibility index (Phi) is 2.29. The first-order chi connectivity index (χ1) is 6.36. The topological polar surface area (TPSA) is 55.1 Å². The minimum absolute atomic E-state index is 0.0979. The summed E-state index contributed by atoms with van der Waals surface area (Å²) in [5.74, 6) is 0.288. The number of nitrogens with one attached hydrogen (secondary N) is 1. The average Bonchev–Trinajstić information content (AvgIpc) is 2.74. The highest BCUT2D eigenvalue weighted by atomic mass is 16.5. The van der Waals surface area contributed by atoms with Gasteiger partial charge in [0.25, 0.3) is 0 Å². The van der Waals surface area contributed by atoms with Crippen LogP contribution in [0.5, 0.6) is 0 Å². The summed E-state index contributed by atoms with van der Waals surface area (Å²) in [7, 11) is 0. The highest BCUT2D eigenvalue weighted by molar-refractivity contribution is 5.92. The van der Waals surface area contributed by atoms with Crippen LogP contribution >= 0.6 is 0 Å². The summed E-state index contributed by atoms with van der Waals surface area (Å²) in [5, 5.41) is 6.28. The van der Waals surface area contributed by atoms with Crippen molar-refractivity contribution in [1.29, 1.82) is 0 Å². The zero-order valence-electron chi connectivity index (χ0n) is 7.32. The molecule has 1 saturated carbocycles. The molecule has 1 fully saturated rings. The second-order valence-electron chi connectivity index (χ2n) is 3.38. The van der Waals surface area contributed by atoms with Gasteiger partial charge in [-0.15, -0.1) is 0 Å². The third-order valence-corrected chi connectivity index (χ3v) is 2.43. The highest BCUT2D eigenvalue weighted by Crippen LogP contribution is 2.25. The molecular weight excluding hydrogens is 168 g/mol. The molecule has 4 heteroatoms. The molecule has 1 N–H and O–H groups in total. The van der Waals surface area contributed by atoms with Gasteiger partial charge < -0.3 is 9.84 Å². The number of aromatic nitrogens is 1. The van der Waals surface area contributed by atoms with Gasteiger partial charge in [-0.3, -0.25) is 4.79 Å². The maximum atomic E-state index is 11.5. The van der Waals surface area contributed by atoms with Crippen molar-refractivity contribution in [3.05, 3.63) is 12.5 Å². The molecule has 70 valence electrons. The Bertz CT molecular complexity index is 276. The van der Waals surface area contributed by atoms with Crippen LogP contribution in [0.2, 0.25) is 0 Å². The molecule has 0 unspecified atom stereocenters. The van der Waals surface area contributed by atoms with Gasteiger partial charge in [-0.2, -0.15) is 0 Å². The maximum Gasteiger partial charge on any atom is 0.227 e. The molecule has 1 aliphatic carbocycles. The molecule has 2 rings (SSSR count). The van der Waals surface area contributed by atoms with Gasteiger partial charge in [-0.25, -0.2) is 0 Å². The van der Waals surface area contributed by atoms with Crippen molar-refractivity contribution in [1.82, 2.24) is 5.16 Å². The van der Waals surface area contributed by atoms with Crippen LogP contribution in [0, 0.1) is 5.92 Å². The molecule has 1 aromatic rings. The van der Waals surface area contributed by atoms with Crippen molar-refractivity contribution >= 4 is 11.6 Å². The largest absolute Gasteiger partial charge is 0.363 e. The van der Waals surface area contributed by atoms with Crippen LogP contribution in [0.25, 0.3) is 0 Å². The average molecular weight is 180 g/mol.